The van der Waals surface area contributed by atoms with E-state index in [1.807, 2.05) is 18.2 Å². The van der Waals surface area contributed by atoms with Gasteiger partial charge in [-0.2, -0.15) is 0 Å². The van der Waals surface area contributed by atoms with Crippen LogP contribution in [0.2, 0.25) is 10.0 Å². The lowest BCUT2D eigenvalue weighted by Gasteiger charge is -2.24. The zero-order valence-electron chi connectivity index (χ0n) is 11.6. The van der Waals surface area contributed by atoms with E-state index in [2.05, 4.69) is 24.2 Å². The van der Waals surface area contributed by atoms with Crippen LogP contribution < -0.4 is 5.32 Å². The number of hydrogen-bond acceptors (Lipinski definition) is 2. The van der Waals surface area contributed by atoms with Gasteiger partial charge in [-0.3, -0.25) is 0 Å². The predicted molar refractivity (Wildman–Crippen MR) is 83.1 cm³/mol. The molecule has 2 unspecified atom stereocenters. The number of likely N-dealkylation sites (N-methyl/N-ethyl adjacent to an activating group) is 1. The van der Waals surface area contributed by atoms with Crippen LogP contribution >= 0.6 is 23.2 Å². The summed E-state index contributed by atoms with van der Waals surface area (Å²) in [5, 5.41) is 5.10. The molecule has 1 aliphatic heterocycles. The molecule has 19 heavy (non-hydrogen) atoms. The summed E-state index contributed by atoms with van der Waals surface area (Å²) in [4.78, 5) is 2.43. The summed E-state index contributed by atoms with van der Waals surface area (Å²) in [5.74, 6) is 0. The smallest absolute Gasteiger partial charge is 0.0468 e. The first-order valence-corrected chi connectivity index (χ1v) is 7.76. The maximum Gasteiger partial charge on any atom is 0.0468 e. The minimum atomic E-state index is 0.304. The van der Waals surface area contributed by atoms with Crippen molar-refractivity contribution in [2.75, 3.05) is 20.1 Å². The topological polar surface area (TPSA) is 15.3 Å². The second kappa shape index (κ2) is 6.94. The van der Waals surface area contributed by atoms with E-state index in [1.165, 1.54) is 19.4 Å². The Morgan fingerprint density at radius 2 is 2.21 bits per heavy atom. The molecule has 0 aliphatic carbocycles. The van der Waals surface area contributed by atoms with Crippen molar-refractivity contribution >= 4 is 23.2 Å². The van der Waals surface area contributed by atoms with Crippen molar-refractivity contribution in [3.8, 4) is 0 Å². The third kappa shape index (κ3) is 3.85. The zero-order valence-corrected chi connectivity index (χ0v) is 13.1. The van der Waals surface area contributed by atoms with Crippen LogP contribution in [0.3, 0.4) is 0 Å². The van der Waals surface area contributed by atoms with E-state index in [0.29, 0.717) is 17.1 Å². The molecule has 0 radical (unpaired) electrons. The molecule has 0 spiro atoms. The Hall–Kier alpha value is -0.280. The Kier molecular flexibility index (Phi) is 5.52. The Morgan fingerprint density at radius 3 is 2.79 bits per heavy atom. The molecule has 0 saturated carbocycles. The first kappa shape index (κ1) is 15.1. The molecule has 2 atom stereocenters. The number of rotatable bonds is 5. The molecule has 2 nitrogen and oxygen atoms in total. The lowest BCUT2D eigenvalue weighted by atomic mass is 10.0. The fourth-order valence-corrected chi connectivity index (χ4v) is 3.31. The number of hydrogen-bond donors (Lipinski definition) is 1. The summed E-state index contributed by atoms with van der Waals surface area (Å²) < 4.78 is 0. The molecule has 1 fully saturated rings. The lowest BCUT2D eigenvalue weighted by molar-refractivity contribution is 0.290. The van der Waals surface area contributed by atoms with Crippen molar-refractivity contribution in [2.24, 2.45) is 0 Å². The van der Waals surface area contributed by atoms with Gasteiger partial charge in [0.25, 0.3) is 0 Å². The molecule has 1 aromatic carbocycles. The van der Waals surface area contributed by atoms with E-state index in [0.717, 1.165) is 23.6 Å². The summed E-state index contributed by atoms with van der Waals surface area (Å²) in [6.07, 6.45) is 3.62. The van der Waals surface area contributed by atoms with Gasteiger partial charge in [-0.15, -0.1) is 0 Å². The van der Waals surface area contributed by atoms with Crippen molar-refractivity contribution < 1.29 is 0 Å². The average Bonchev–Trinajstić information content (AvgIpc) is 2.78. The van der Waals surface area contributed by atoms with Crippen molar-refractivity contribution in [3.63, 3.8) is 0 Å². The van der Waals surface area contributed by atoms with Crippen LogP contribution in [-0.4, -0.2) is 31.1 Å². The molecule has 1 aromatic rings. The molecule has 4 heteroatoms. The second-order valence-corrected chi connectivity index (χ2v) is 6.16. The number of halogens is 2. The quantitative estimate of drug-likeness (QED) is 0.879. The molecule has 0 amide bonds. The van der Waals surface area contributed by atoms with Gasteiger partial charge in [0.1, 0.15) is 0 Å². The van der Waals surface area contributed by atoms with Gasteiger partial charge >= 0.3 is 0 Å². The maximum absolute atomic E-state index is 6.29. The average molecular weight is 301 g/mol. The van der Waals surface area contributed by atoms with Gasteiger partial charge in [0.15, 0.2) is 0 Å². The lowest BCUT2D eigenvalue weighted by Crippen LogP contribution is -2.37. The molecule has 0 aromatic heterocycles. The van der Waals surface area contributed by atoms with Crippen molar-refractivity contribution in [3.05, 3.63) is 33.8 Å². The van der Waals surface area contributed by atoms with E-state index in [-0.39, 0.29) is 0 Å². The van der Waals surface area contributed by atoms with Crippen LogP contribution in [0.15, 0.2) is 18.2 Å². The maximum atomic E-state index is 6.29. The highest BCUT2D eigenvalue weighted by molar-refractivity contribution is 6.35. The summed E-state index contributed by atoms with van der Waals surface area (Å²) in [5.41, 5.74) is 1.15. The van der Waals surface area contributed by atoms with Crippen LogP contribution in [0.4, 0.5) is 0 Å². The molecule has 106 valence electrons. The minimum absolute atomic E-state index is 0.304. The Balaban J connectivity index is 1.99. The zero-order chi connectivity index (χ0) is 13.8. The van der Waals surface area contributed by atoms with E-state index in [1.54, 1.807) is 0 Å². The molecule has 1 aliphatic rings. The summed E-state index contributed by atoms with van der Waals surface area (Å²) in [7, 11) is 2.20. The van der Waals surface area contributed by atoms with Gasteiger partial charge in [0.05, 0.1) is 0 Å². The fourth-order valence-electron chi connectivity index (χ4n) is 2.77. The molecule has 1 heterocycles. The van der Waals surface area contributed by atoms with E-state index in [4.69, 9.17) is 23.2 Å². The standard InChI is InChI=1S/C15H22Cl2N2/c1-3-15(13-7-6-11(16)9-14(13)17)18-10-12-5-4-8-19(12)2/h6-7,9,12,15,18H,3-5,8,10H2,1-2H3. The van der Waals surface area contributed by atoms with E-state index >= 15 is 0 Å². The second-order valence-electron chi connectivity index (χ2n) is 5.31. The number of nitrogens with zero attached hydrogens (tertiary/aromatic N) is 1. The SMILES string of the molecule is CCC(NCC1CCCN1C)c1ccc(Cl)cc1Cl. The fraction of sp³-hybridized carbons (Fsp3) is 0.600. The highest BCUT2D eigenvalue weighted by Crippen LogP contribution is 2.28. The first-order chi connectivity index (χ1) is 9.11. The van der Waals surface area contributed by atoms with Crippen LogP contribution in [-0.2, 0) is 0 Å². The molecular weight excluding hydrogens is 279 g/mol. The number of benzene rings is 1. The van der Waals surface area contributed by atoms with Gasteiger partial charge in [-0.1, -0.05) is 36.2 Å². The molecule has 0 bridgehead atoms. The highest BCUT2D eigenvalue weighted by atomic mass is 35.5. The van der Waals surface area contributed by atoms with E-state index < -0.39 is 0 Å². The minimum Gasteiger partial charge on any atom is -0.308 e. The largest absolute Gasteiger partial charge is 0.308 e. The summed E-state index contributed by atoms with van der Waals surface area (Å²) in [6.45, 7) is 4.42. The normalized spacial score (nSPS) is 21.8. The third-order valence-corrected chi connectivity index (χ3v) is 4.58. The Labute approximate surface area is 126 Å². The van der Waals surface area contributed by atoms with Crippen LogP contribution in [0.1, 0.15) is 37.8 Å². The molecule has 1 saturated heterocycles. The molecule has 1 N–H and O–H groups in total. The van der Waals surface area contributed by atoms with Gasteiger partial charge < -0.3 is 10.2 Å². The van der Waals surface area contributed by atoms with Gasteiger partial charge in [-0.25, -0.2) is 0 Å². The number of likely N-dealkylation sites (tertiary alicyclic amines) is 1. The highest BCUT2D eigenvalue weighted by Gasteiger charge is 2.22. The van der Waals surface area contributed by atoms with Gasteiger partial charge in [-0.05, 0) is 50.6 Å². The van der Waals surface area contributed by atoms with Gasteiger partial charge in [0.2, 0.25) is 0 Å². The molecular formula is C15H22Cl2N2. The van der Waals surface area contributed by atoms with Gasteiger partial charge in [0, 0.05) is 28.7 Å². The first-order valence-electron chi connectivity index (χ1n) is 7.00. The number of nitrogens with one attached hydrogen (secondary N) is 1. The summed E-state index contributed by atoms with van der Waals surface area (Å²) >= 11 is 12.2. The third-order valence-electron chi connectivity index (χ3n) is 4.02. The van der Waals surface area contributed by atoms with E-state index in [9.17, 15) is 0 Å². The predicted octanol–water partition coefficient (Wildman–Crippen LogP) is 4.13. The van der Waals surface area contributed by atoms with Crippen molar-refractivity contribution in [1.29, 1.82) is 0 Å². The molecule has 2 rings (SSSR count). The van der Waals surface area contributed by atoms with Crippen molar-refractivity contribution in [1.82, 2.24) is 10.2 Å². The van der Waals surface area contributed by atoms with Crippen LogP contribution in [0, 0.1) is 0 Å². The Morgan fingerprint density at radius 1 is 1.42 bits per heavy atom. The summed E-state index contributed by atoms with van der Waals surface area (Å²) in [6, 6.07) is 6.72. The van der Waals surface area contributed by atoms with Crippen LogP contribution in [0.5, 0.6) is 0 Å². The monoisotopic (exact) mass is 300 g/mol. The van der Waals surface area contributed by atoms with Crippen LogP contribution in [0.25, 0.3) is 0 Å². The van der Waals surface area contributed by atoms with Crippen molar-refractivity contribution in [2.45, 2.75) is 38.3 Å². The Bertz CT molecular complexity index is 423.